The van der Waals surface area contributed by atoms with Crippen molar-refractivity contribution in [1.29, 1.82) is 0 Å². The maximum absolute atomic E-state index is 8.74. The van der Waals surface area contributed by atoms with E-state index in [1.165, 1.54) is 0 Å². The van der Waals surface area contributed by atoms with Crippen molar-refractivity contribution in [1.82, 2.24) is 0 Å². The smallest absolute Gasteiger partial charge is 0.759 e. The van der Waals surface area contributed by atoms with Crippen LogP contribution in [0, 0.1) is 0 Å². The van der Waals surface area contributed by atoms with Gasteiger partial charge in [-0.05, 0) is 0 Å². The molecular weight excluding hydrogens is 2750 g/mol. The fraction of sp³-hybridized carbons (Fsp3) is 0. The van der Waals surface area contributed by atoms with Crippen LogP contribution in [0.3, 0.4) is 0 Å². The van der Waals surface area contributed by atoms with Gasteiger partial charge in [0.25, 0.3) is 0 Å². The normalized spacial score (nSPS) is 10.4. The van der Waals surface area contributed by atoms with Gasteiger partial charge in [0.1, 0.15) is 0 Å². The SMILES string of the molecule is O=S(=O)(O)O.O=S(=O)(O)O.O=S(=O)(O)O.O=S(=O)(O)O.O=S(=O)(O)O.O=S(=O)(O)O.O=S(=O)(O)O.O=S(=O)(O)O.O=S(=O)(O)O.O=S(=O)(O)O.O=S(=O)(O)O.O=S(=O)(O)O.O=S(=O)(O)O.O=S(=O)(O)O.O=S(=O)(O)O.O=S(=O)(O)O.O=S(=O)(O)O.O=S(=O)([O-])O.O=S(=O)([O-])[O-].O=S(=O)([O-])[O-].O=S(=O)([O-])[O-].O=S(=O)([O-])[O-].O=S(=O)([O-])[O-].O=S(=O)([O-])[O-].O=S(=O)([O-])[O-].[Na+].[Na+].[Na+].[Na+].[Na+].[Na+].[Na+].[Na+].[Na+].[Na+].[Na+].[Na+].[Na+].[Na+].[Na+]. The van der Waals surface area contributed by atoms with Crippen molar-refractivity contribution >= 4 is 260 Å². The Hall–Kier alpha value is 11.7. The monoisotopic (exact) mass is 2780 g/mol. The van der Waals surface area contributed by atoms with Gasteiger partial charge >= 0.3 is 620 Å². The first-order chi connectivity index (χ1) is 50.0. The molecule has 0 atom stereocenters. The van der Waals surface area contributed by atoms with Gasteiger partial charge in [-0.3, -0.25) is 218 Å². The fourth-order valence-corrected chi connectivity index (χ4v) is 0. The Kier molecular flexibility index (Phi) is 255. The molecule has 0 bridgehead atoms. The first kappa shape index (κ1) is 276. The summed E-state index contributed by atoms with van der Waals surface area (Å²) < 4.78 is 808. The van der Waals surface area contributed by atoms with Gasteiger partial charge in [-0.15, -0.1) is 0 Å². The minimum absolute atomic E-state index is 0. The second-order valence-corrected chi connectivity index (χ2v) is 32.7. The van der Waals surface area contributed by atoms with E-state index in [0.29, 0.717) is 0 Å². The molecule has 0 aromatic carbocycles. The summed E-state index contributed by atoms with van der Waals surface area (Å²) in [7, 11) is -120. The molecule has 0 amide bonds. The third kappa shape index (κ3) is 24000. The third-order valence-corrected chi connectivity index (χ3v) is 0. The van der Waals surface area contributed by atoms with E-state index in [2.05, 4.69) is 0 Å². The van der Waals surface area contributed by atoms with Crippen LogP contribution < -0.4 is 443 Å². The molecule has 0 saturated heterocycles. The van der Waals surface area contributed by atoms with E-state index in [-0.39, 0.29) is 443 Å². The van der Waals surface area contributed by atoms with Crippen LogP contribution in [0.1, 0.15) is 0 Å². The van der Waals surface area contributed by atoms with Crippen LogP contribution >= 0.6 is 0 Å². The van der Waals surface area contributed by atoms with Gasteiger partial charge in [0.2, 0.25) is 10.4 Å². The van der Waals surface area contributed by atoms with Gasteiger partial charge < -0.3 is 68.3 Å². The van der Waals surface area contributed by atoms with Crippen molar-refractivity contribution < 1.29 is 881 Å². The van der Waals surface area contributed by atoms with Gasteiger partial charge in [-0.2, -0.15) is 143 Å². The molecule has 0 aliphatic heterocycles. The summed E-state index contributed by atoms with van der Waals surface area (Å²) in [4.78, 5) is 0. The third-order valence-electron chi connectivity index (χ3n) is 0. The summed E-state index contributed by atoms with van der Waals surface area (Å²) >= 11 is 0. The van der Waals surface area contributed by atoms with Gasteiger partial charge in [-0.25, -0.2) is 8.42 Å². The first-order valence-corrected chi connectivity index (χ1v) is 51.7. The molecule has 0 fully saturated rings. The summed E-state index contributed by atoms with van der Waals surface area (Å²) in [6.45, 7) is 0. The van der Waals surface area contributed by atoms with Crippen LogP contribution in [0.25, 0.3) is 0 Å². The van der Waals surface area contributed by atoms with Crippen molar-refractivity contribution in [3.8, 4) is 0 Å². The summed E-state index contributed by atoms with van der Waals surface area (Å²) in [5, 5.41) is 0. The molecule has 100 nitrogen and oxygen atoms in total. The van der Waals surface area contributed by atoms with E-state index >= 15 is 0 Å². The standard InChI is InChI=1S/15Na.25H2O4S/c;;;;;;;;;;;;;;;25*1-5(2,3)4/h;;;;;;;;;;;;;;;25*(H2,1,2,3,4)/q15*+1;;;;;;;;;;;;;;;;;;;;;;;;;/p-15. The molecule has 800 valence electrons. The van der Waals surface area contributed by atoms with Crippen LogP contribution in [-0.2, 0) is 260 Å². The van der Waals surface area contributed by atoms with E-state index in [0.717, 1.165) is 0 Å². The molecule has 0 aliphatic carbocycles. The number of hydrogen-bond acceptors (Lipinski definition) is 65. The Morgan fingerprint density at radius 3 is 0.0786 bits per heavy atom. The maximum atomic E-state index is 8.74. The van der Waals surface area contributed by atoms with Crippen LogP contribution in [0.5, 0.6) is 0 Å². The maximum Gasteiger partial charge on any atom is 1.00 e. The number of hydrogen-bond donors (Lipinski definition) is 35. The molecule has 0 unspecified atom stereocenters. The molecule has 0 aromatic rings. The molecular formula is H35Na15O100S25. The van der Waals surface area contributed by atoms with Gasteiger partial charge in [0.15, 0.2) is 0 Å². The molecule has 0 rings (SSSR count). The minimum atomic E-state index is -5.17. The second kappa shape index (κ2) is 129. The molecule has 35 N–H and O–H groups in total. The van der Waals surface area contributed by atoms with Crippen molar-refractivity contribution in [3.63, 3.8) is 0 Å². The van der Waals surface area contributed by atoms with E-state index in [1.54, 1.807) is 0 Å². The molecule has 0 saturated carbocycles. The van der Waals surface area contributed by atoms with Crippen LogP contribution in [0.2, 0.25) is 0 Å². The summed E-state index contributed by atoms with van der Waals surface area (Å²) in [6, 6.07) is 0. The molecule has 140 heteroatoms. The van der Waals surface area contributed by atoms with E-state index in [1.807, 2.05) is 0 Å². The van der Waals surface area contributed by atoms with Crippen molar-refractivity contribution in [2.24, 2.45) is 0 Å². The Labute approximate surface area is 1120 Å². The molecule has 0 aromatic heterocycles. The van der Waals surface area contributed by atoms with Crippen LogP contribution in [0.15, 0.2) is 0 Å². The molecule has 0 radical (unpaired) electrons. The van der Waals surface area contributed by atoms with Gasteiger partial charge in [-0.1, -0.05) is 0 Å². The molecule has 0 spiro atoms. The van der Waals surface area contributed by atoms with E-state index in [9.17, 15) is 0 Å². The Bertz CT molecular complexity index is 3980. The molecule has 0 aliphatic rings. The molecule has 140 heavy (non-hydrogen) atoms. The van der Waals surface area contributed by atoms with Gasteiger partial charge in [0.05, 0.1) is 0 Å². The Morgan fingerprint density at radius 2 is 0.0786 bits per heavy atom. The zero-order valence-electron chi connectivity index (χ0n) is 67.4. The molecule has 0 heterocycles. The predicted molar refractivity (Wildman–Crippen MR) is 327 cm³/mol. The Balaban J connectivity index is -0.0000000195. The summed E-state index contributed by atoms with van der Waals surface area (Å²) in [5.74, 6) is 0. The topological polar surface area (TPSA) is 1910 Å². The summed E-state index contributed by atoms with van der Waals surface area (Å²) in [5.41, 5.74) is 0. The predicted octanol–water partition coefficient (Wildman–Crippen LogP) is -66.4. The van der Waals surface area contributed by atoms with E-state index < -0.39 is 260 Å². The minimum Gasteiger partial charge on any atom is -0.759 e. The quantitative estimate of drug-likeness (QED) is 0.0608. The first-order valence-electron chi connectivity index (χ1n) is 17.2. The second-order valence-electron chi connectivity index (χ2n) is 10.9. The average Bonchev–Trinajstić information content (AvgIpc) is 3.03. The van der Waals surface area contributed by atoms with Crippen LogP contribution in [0.4, 0.5) is 0 Å². The van der Waals surface area contributed by atoms with E-state index in [4.69, 9.17) is 438 Å². The zero-order valence-corrected chi connectivity index (χ0v) is 118. The van der Waals surface area contributed by atoms with Crippen molar-refractivity contribution in [3.05, 3.63) is 0 Å². The Morgan fingerprint density at radius 1 is 0.0786 bits per heavy atom. The van der Waals surface area contributed by atoms with Crippen molar-refractivity contribution in [2.75, 3.05) is 0 Å². The van der Waals surface area contributed by atoms with Crippen LogP contribution in [-0.4, -0.2) is 438 Å². The number of rotatable bonds is 0. The fourth-order valence-electron chi connectivity index (χ4n) is 0. The summed E-state index contributed by atoms with van der Waals surface area (Å²) in [6.07, 6.45) is 0. The zero-order chi connectivity index (χ0) is 112. The van der Waals surface area contributed by atoms with Gasteiger partial charge in [0, 0.05) is 72.8 Å². The average molecular weight is 2780 g/mol. The largest absolute Gasteiger partial charge is 1.00 e. The van der Waals surface area contributed by atoms with Crippen molar-refractivity contribution in [2.45, 2.75) is 0 Å².